The lowest BCUT2D eigenvalue weighted by molar-refractivity contribution is -0.360. The second-order valence-electron chi connectivity index (χ2n) is 33.4. The van der Waals surface area contributed by atoms with Crippen molar-refractivity contribution in [1.82, 2.24) is 0 Å². The standard InChI is InChI=1S/C90H165O25P/c1-6-10-14-18-22-25-28-31-32-35-36-39-42-49-56-62-74(93)107-68-72-78(97)80(99)84(103)90(111-72)114-87-85(112-76(95)64-58-52-44-41-38-34-30-27-24-20-16-12-8-3)81(100)82(101)86(113-89-83(102)79(98)77(96)71(65-91)110-89)88(87)115-116(104,105)108-67-70(109-75(94)63-57-51-43-40-37-33-29-26-23-19-15-11-7-2)66-106-73(92)61-55-50-46-45-48-54-60-69(5)59-53-47-21-17-13-9-4/h25,28,33,37,69-72,77-91,96-103H,6-24,26-27,29-32,34-36,38-68H2,1-5H3,(H,104,105)/b28-25-,37-33-. The van der Waals surface area contributed by atoms with Crippen LogP contribution in [0.3, 0.4) is 0 Å². The van der Waals surface area contributed by atoms with Gasteiger partial charge >= 0.3 is 31.7 Å². The number of ether oxygens (including phenoxy) is 8. The fourth-order valence-corrected chi connectivity index (χ4v) is 16.3. The van der Waals surface area contributed by atoms with Crippen LogP contribution in [0.25, 0.3) is 0 Å². The summed E-state index contributed by atoms with van der Waals surface area (Å²) in [7, 11) is -5.81. The van der Waals surface area contributed by atoms with Crippen LogP contribution in [0, 0.1) is 5.92 Å². The van der Waals surface area contributed by atoms with E-state index in [4.69, 9.17) is 46.9 Å². The summed E-state index contributed by atoms with van der Waals surface area (Å²) in [6.07, 6.45) is 26.2. The summed E-state index contributed by atoms with van der Waals surface area (Å²) in [4.78, 5) is 66.4. The first kappa shape index (κ1) is 107. The number of carbonyl (C=O) groups excluding carboxylic acids is 4. The maximum absolute atomic E-state index is 14.9. The number of aliphatic hydroxyl groups is 9. The minimum Gasteiger partial charge on any atom is -0.463 e. The molecule has 2 heterocycles. The van der Waals surface area contributed by atoms with Crippen LogP contribution >= 0.6 is 7.82 Å². The number of rotatable bonds is 74. The lowest BCUT2D eigenvalue weighted by Crippen LogP contribution is -2.70. The van der Waals surface area contributed by atoms with Gasteiger partial charge in [-0.3, -0.25) is 28.2 Å². The SMILES string of the molecule is CCCCCC/C=C\CCCCCCCCCC(=O)OCC1OC(OC2C(OC(=O)CCCCCCCCCCCCCCC)C(O)C(O)C(OC3OC(CO)C(O)C(O)C3O)C2OP(=O)(O)OCC(COC(=O)CCCCCCCCC(C)CCCCCCCC)OC(=O)CCCCC/C=C\CCCCCCCC)C(O)C(O)C1O. The number of phosphoric ester groups is 1. The fraction of sp³-hybridized carbons (Fsp3) is 0.911. The van der Waals surface area contributed by atoms with Crippen LogP contribution in [0.5, 0.6) is 0 Å². The number of unbranched alkanes of at least 4 members (excludes halogenated alkanes) is 42. The first-order valence-corrected chi connectivity index (χ1v) is 48.0. The van der Waals surface area contributed by atoms with Crippen molar-refractivity contribution in [3.8, 4) is 0 Å². The number of hydrogen-bond donors (Lipinski definition) is 10. The Bertz CT molecular complexity index is 2530. The highest BCUT2D eigenvalue weighted by Gasteiger charge is 2.60. The minimum atomic E-state index is -5.81. The molecule has 0 bridgehead atoms. The van der Waals surface area contributed by atoms with Crippen molar-refractivity contribution >= 4 is 31.7 Å². The number of carbonyl (C=O) groups is 4. The largest absolute Gasteiger partial charge is 0.472 e. The molecule has 0 amide bonds. The summed E-state index contributed by atoms with van der Waals surface area (Å²) in [6.45, 7) is 7.88. The van der Waals surface area contributed by atoms with Gasteiger partial charge in [0.05, 0.1) is 13.2 Å². The highest BCUT2D eigenvalue weighted by Crippen LogP contribution is 2.49. The molecule has 3 fully saturated rings. The van der Waals surface area contributed by atoms with Crippen molar-refractivity contribution in [1.29, 1.82) is 0 Å². The number of phosphoric acid groups is 1. The van der Waals surface area contributed by atoms with E-state index >= 15 is 0 Å². The molecule has 26 heteroatoms. The molecule has 0 spiro atoms. The predicted molar refractivity (Wildman–Crippen MR) is 449 cm³/mol. The molecule has 0 radical (unpaired) electrons. The molecule has 3 rings (SSSR count). The zero-order valence-electron chi connectivity index (χ0n) is 72.5. The van der Waals surface area contributed by atoms with Gasteiger partial charge < -0.3 is 88.7 Å². The molecule has 680 valence electrons. The van der Waals surface area contributed by atoms with Gasteiger partial charge in [-0.1, -0.05) is 309 Å². The molecule has 2 aliphatic heterocycles. The Kier molecular flexibility index (Phi) is 63.2. The van der Waals surface area contributed by atoms with Crippen LogP contribution in [0.1, 0.15) is 388 Å². The Labute approximate surface area is 698 Å². The lowest BCUT2D eigenvalue weighted by atomic mass is 9.84. The molecule has 0 aromatic rings. The molecule has 0 aromatic carbocycles. The van der Waals surface area contributed by atoms with Gasteiger partial charge in [0.25, 0.3) is 0 Å². The van der Waals surface area contributed by atoms with Crippen LogP contribution in [0.4, 0.5) is 0 Å². The van der Waals surface area contributed by atoms with Crippen molar-refractivity contribution in [2.24, 2.45) is 5.92 Å². The first-order valence-electron chi connectivity index (χ1n) is 46.5. The normalized spacial score (nSPS) is 25.5. The Morgan fingerprint density at radius 1 is 0.362 bits per heavy atom. The Hall–Kier alpha value is -3.05. The molecular weight excluding hydrogens is 1510 g/mol. The van der Waals surface area contributed by atoms with E-state index in [0.717, 1.165) is 141 Å². The second-order valence-corrected chi connectivity index (χ2v) is 34.8. The van der Waals surface area contributed by atoms with E-state index in [2.05, 4.69) is 58.9 Å². The maximum atomic E-state index is 14.9. The molecule has 19 atom stereocenters. The molecule has 116 heavy (non-hydrogen) atoms. The summed E-state index contributed by atoms with van der Waals surface area (Å²) in [5.74, 6) is -2.30. The fourth-order valence-electron chi connectivity index (χ4n) is 15.3. The first-order chi connectivity index (χ1) is 56.1. The highest BCUT2D eigenvalue weighted by atomic mass is 31.2. The van der Waals surface area contributed by atoms with E-state index in [1.54, 1.807) is 0 Å². The molecule has 19 unspecified atom stereocenters. The second kappa shape index (κ2) is 68.4. The summed E-state index contributed by atoms with van der Waals surface area (Å²) >= 11 is 0. The van der Waals surface area contributed by atoms with E-state index < -0.39 is 162 Å². The number of esters is 4. The van der Waals surface area contributed by atoms with Gasteiger partial charge in [0.15, 0.2) is 24.8 Å². The molecule has 2 saturated heterocycles. The van der Waals surface area contributed by atoms with Gasteiger partial charge in [-0.05, 0) is 83.0 Å². The minimum absolute atomic E-state index is 0.00887. The van der Waals surface area contributed by atoms with E-state index in [0.29, 0.717) is 44.4 Å². The van der Waals surface area contributed by atoms with Gasteiger partial charge in [0, 0.05) is 25.7 Å². The molecule has 3 aliphatic rings. The average Bonchev–Trinajstić information content (AvgIpc) is 0.754. The predicted octanol–water partition coefficient (Wildman–Crippen LogP) is 16.8. The molecule has 10 N–H and O–H groups in total. The van der Waals surface area contributed by atoms with Crippen molar-refractivity contribution in [2.75, 3.05) is 26.4 Å². The van der Waals surface area contributed by atoms with Crippen molar-refractivity contribution in [2.45, 2.75) is 492 Å². The smallest absolute Gasteiger partial charge is 0.463 e. The lowest BCUT2D eigenvalue weighted by Gasteiger charge is -2.50. The average molecular weight is 1680 g/mol. The maximum Gasteiger partial charge on any atom is 0.472 e. The van der Waals surface area contributed by atoms with Crippen molar-refractivity contribution in [3.05, 3.63) is 24.3 Å². The van der Waals surface area contributed by atoms with Crippen LogP contribution < -0.4 is 0 Å². The third kappa shape index (κ3) is 48.7. The summed E-state index contributed by atoms with van der Waals surface area (Å²) in [5.41, 5.74) is 0. The zero-order chi connectivity index (χ0) is 84.8. The quantitative estimate of drug-likeness (QED) is 0.00889. The summed E-state index contributed by atoms with van der Waals surface area (Å²) in [6, 6.07) is 0. The van der Waals surface area contributed by atoms with Crippen LogP contribution in [0.2, 0.25) is 0 Å². The monoisotopic (exact) mass is 1680 g/mol. The van der Waals surface area contributed by atoms with Crippen molar-refractivity contribution in [3.63, 3.8) is 0 Å². The number of hydrogen-bond acceptors (Lipinski definition) is 24. The van der Waals surface area contributed by atoms with E-state index in [1.807, 2.05) is 0 Å². The van der Waals surface area contributed by atoms with Gasteiger partial charge in [-0.25, -0.2) is 4.57 Å². The molecule has 1 saturated carbocycles. The molecule has 1 aliphatic carbocycles. The highest BCUT2D eigenvalue weighted by molar-refractivity contribution is 7.47. The molecule has 25 nitrogen and oxygen atoms in total. The van der Waals surface area contributed by atoms with Gasteiger partial charge in [0.2, 0.25) is 0 Å². The van der Waals surface area contributed by atoms with Crippen LogP contribution in [-0.4, -0.2) is 205 Å². The van der Waals surface area contributed by atoms with E-state index in [9.17, 15) is 74.6 Å². The Balaban J connectivity index is 1.93. The topological polar surface area (TPSA) is 380 Å². The van der Waals surface area contributed by atoms with E-state index in [1.165, 1.54) is 148 Å². The molecule has 0 aromatic heterocycles. The Morgan fingerprint density at radius 2 is 0.698 bits per heavy atom. The van der Waals surface area contributed by atoms with Crippen molar-refractivity contribution < 1.29 is 122 Å². The Morgan fingerprint density at radius 3 is 1.13 bits per heavy atom. The molecular formula is C90H165O25P. The summed E-state index contributed by atoms with van der Waals surface area (Å²) < 4.78 is 73.4. The van der Waals surface area contributed by atoms with Crippen LogP contribution in [0.15, 0.2) is 24.3 Å². The number of aliphatic hydroxyl groups excluding tert-OH is 9. The van der Waals surface area contributed by atoms with E-state index in [-0.39, 0.29) is 25.7 Å². The number of allylic oxidation sites excluding steroid dienone is 4. The third-order valence-electron chi connectivity index (χ3n) is 22.8. The third-order valence-corrected chi connectivity index (χ3v) is 23.8. The van der Waals surface area contributed by atoms with Crippen LogP contribution in [-0.2, 0) is 70.7 Å². The van der Waals surface area contributed by atoms with Gasteiger partial charge in [0.1, 0.15) is 92.6 Å². The van der Waals surface area contributed by atoms with Gasteiger partial charge in [-0.2, -0.15) is 0 Å². The summed E-state index contributed by atoms with van der Waals surface area (Å²) in [5, 5.41) is 102. The zero-order valence-corrected chi connectivity index (χ0v) is 73.4. The van der Waals surface area contributed by atoms with Gasteiger partial charge in [-0.15, -0.1) is 0 Å².